The minimum Gasteiger partial charge on any atom is -0.322 e. The average Bonchev–Trinajstić information content (AvgIpc) is 3.13. The molecule has 3 nitrogen and oxygen atoms in total. The molecular weight excluding hydrogens is 538 g/mol. The van der Waals surface area contributed by atoms with Gasteiger partial charge in [-0.05, 0) is 76.7 Å². The van der Waals surface area contributed by atoms with Gasteiger partial charge in [0, 0.05) is 25.3 Å². The molecule has 0 atom stereocenters. The smallest absolute Gasteiger partial charge is 0.248 e. The maximum atomic E-state index is 12.5. The second-order valence-corrected chi connectivity index (χ2v) is 9.28. The Morgan fingerprint density at radius 2 is 1.90 bits per heavy atom. The van der Waals surface area contributed by atoms with E-state index < -0.39 is 0 Å². The van der Waals surface area contributed by atoms with Crippen molar-refractivity contribution >= 4 is 85.0 Å². The molecule has 0 saturated heterocycles. The van der Waals surface area contributed by atoms with E-state index in [4.69, 9.17) is 28.2 Å². The molecule has 0 fully saturated rings. The third kappa shape index (κ3) is 4.80. The van der Waals surface area contributed by atoms with Gasteiger partial charge in [0.05, 0.1) is 15.9 Å². The van der Waals surface area contributed by atoms with Crippen molar-refractivity contribution in [2.75, 3.05) is 5.32 Å². The van der Waals surface area contributed by atoms with Crippen LogP contribution in [0.15, 0.2) is 66.7 Å². The zero-order valence-electron chi connectivity index (χ0n) is 14.8. The van der Waals surface area contributed by atoms with Gasteiger partial charge in [0.1, 0.15) is 5.01 Å². The molecule has 1 N–H and O–H groups in total. The molecule has 0 aliphatic carbocycles. The Kier molecular flexibility index (Phi) is 6.20. The summed E-state index contributed by atoms with van der Waals surface area (Å²) in [6, 6.07) is 19.0. The number of nitrogens with one attached hydrogen (secondary N) is 1. The fraction of sp³-hybridized carbons (Fsp3) is 0. The van der Waals surface area contributed by atoms with Crippen molar-refractivity contribution in [1.82, 2.24) is 4.98 Å². The quantitative estimate of drug-likeness (QED) is 0.211. The van der Waals surface area contributed by atoms with Crippen LogP contribution in [0.3, 0.4) is 0 Å². The van der Waals surface area contributed by atoms with Gasteiger partial charge in [-0.1, -0.05) is 41.4 Å². The average molecular weight is 551 g/mol. The summed E-state index contributed by atoms with van der Waals surface area (Å²) in [4.78, 5) is 17.2. The number of aromatic nitrogens is 1. The predicted molar refractivity (Wildman–Crippen MR) is 132 cm³/mol. The van der Waals surface area contributed by atoms with Crippen LogP contribution in [0.5, 0.6) is 0 Å². The first kappa shape index (κ1) is 20.3. The third-order valence-corrected chi connectivity index (χ3v) is 6.44. The van der Waals surface area contributed by atoms with Crippen molar-refractivity contribution in [3.05, 3.63) is 85.9 Å². The van der Waals surface area contributed by atoms with Crippen LogP contribution in [0.4, 0.5) is 5.69 Å². The number of para-hydroxylation sites is 1. The van der Waals surface area contributed by atoms with E-state index in [0.29, 0.717) is 15.7 Å². The number of halogens is 3. The second-order valence-electron chi connectivity index (χ2n) is 6.17. The normalized spacial score (nSPS) is 11.3. The number of anilines is 1. The number of fused-ring (bicyclic) bond motifs is 1. The Morgan fingerprint density at radius 3 is 2.69 bits per heavy atom. The minimum absolute atomic E-state index is 0.250. The van der Waals surface area contributed by atoms with E-state index >= 15 is 0 Å². The van der Waals surface area contributed by atoms with Crippen LogP contribution < -0.4 is 5.32 Å². The van der Waals surface area contributed by atoms with Gasteiger partial charge >= 0.3 is 0 Å². The summed E-state index contributed by atoms with van der Waals surface area (Å²) in [5, 5.41) is 4.86. The highest BCUT2D eigenvalue weighted by atomic mass is 127. The topological polar surface area (TPSA) is 42.0 Å². The van der Waals surface area contributed by atoms with E-state index in [0.717, 1.165) is 29.9 Å². The van der Waals surface area contributed by atoms with Gasteiger partial charge in [-0.15, -0.1) is 11.3 Å². The summed E-state index contributed by atoms with van der Waals surface area (Å²) in [6.45, 7) is 0. The van der Waals surface area contributed by atoms with E-state index in [1.54, 1.807) is 35.6 Å². The Morgan fingerprint density at radius 1 is 1.07 bits per heavy atom. The van der Waals surface area contributed by atoms with Crippen LogP contribution in [0.25, 0.3) is 26.9 Å². The Bertz CT molecular complexity index is 1220. The molecule has 1 heterocycles. The zero-order chi connectivity index (χ0) is 20.4. The van der Waals surface area contributed by atoms with Crippen LogP contribution in [0, 0.1) is 3.57 Å². The number of amides is 1. The molecule has 0 spiro atoms. The van der Waals surface area contributed by atoms with Gasteiger partial charge in [0.2, 0.25) is 5.91 Å². The highest BCUT2D eigenvalue weighted by Gasteiger charge is 2.13. The molecule has 3 aromatic carbocycles. The summed E-state index contributed by atoms with van der Waals surface area (Å²) < 4.78 is 2.18. The maximum Gasteiger partial charge on any atom is 0.248 e. The summed E-state index contributed by atoms with van der Waals surface area (Å²) in [7, 11) is 0. The number of rotatable bonds is 4. The van der Waals surface area contributed by atoms with Gasteiger partial charge in [0.25, 0.3) is 0 Å². The molecule has 1 aromatic heterocycles. The molecule has 7 heteroatoms. The van der Waals surface area contributed by atoms with Crippen molar-refractivity contribution < 1.29 is 4.79 Å². The van der Waals surface area contributed by atoms with Crippen LogP contribution in [0.2, 0.25) is 10.0 Å². The second kappa shape index (κ2) is 8.83. The molecule has 0 aliphatic rings. The van der Waals surface area contributed by atoms with Crippen molar-refractivity contribution in [3.8, 4) is 10.6 Å². The fourth-order valence-corrected chi connectivity index (χ4v) is 4.73. The van der Waals surface area contributed by atoms with Crippen LogP contribution in [-0.4, -0.2) is 10.9 Å². The van der Waals surface area contributed by atoms with Crippen LogP contribution >= 0.6 is 57.1 Å². The molecule has 0 aliphatic heterocycles. The van der Waals surface area contributed by atoms with E-state index in [1.165, 1.54) is 6.08 Å². The number of carbonyl (C=O) groups excluding carboxylic acids is 1. The van der Waals surface area contributed by atoms with Crippen molar-refractivity contribution in [1.29, 1.82) is 0 Å². The zero-order valence-corrected chi connectivity index (χ0v) is 19.3. The third-order valence-electron chi connectivity index (χ3n) is 4.14. The SMILES string of the molecule is O=C(C=Cc1ccc(Cl)cc1Cl)Nc1ccc(I)cc1-c1nc2ccccc2s1. The van der Waals surface area contributed by atoms with Gasteiger partial charge in [0.15, 0.2) is 0 Å². The highest BCUT2D eigenvalue weighted by molar-refractivity contribution is 14.1. The molecule has 0 saturated carbocycles. The lowest BCUT2D eigenvalue weighted by Gasteiger charge is -2.08. The fourth-order valence-electron chi connectivity index (χ4n) is 2.77. The van der Waals surface area contributed by atoms with Crippen molar-refractivity contribution in [3.63, 3.8) is 0 Å². The molecule has 0 unspecified atom stereocenters. The highest BCUT2D eigenvalue weighted by Crippen LogP contribution is 2.35. The molecular formula is C22H13Cl2IN2OS. The lowest BCUT2D eigenvalue weighted by Crippen LogP contribution is -2.09. The number of hydrogen-bond acceptors (Lipinski definition) is 3. The van der Waals surface area contributed by atoms with E-state index in [1.807, 2.05) is 42.5 Å². The first-order valence-corrected chi connectivity index (χ1v) is 11.2. The number of benzene rings is 3. The lowest BCUT2D eigenvalue weighted by atomic mass is 10.1. The predicted octanol–water partition coefficient (Wildman–Crippen LogP) is 7.53. The Balaban J connectivity index is 1.62. The van der Waals surface area contributed by atoms with Gasteiger partial charge < -0.3 is 5.32 Å². The van der Waals surface area contributed by atoms with Gasteiger partial charge in [-0.2, -0.15) is 0 Å². The molecule has 0 radical (unpaired) electrons. The standard InChI is InChI=1S/C22H13Cl2IN2OS/c23-14-7-5-13(17(24)11-14)6-10-21(28)26-18-9-8-15(25)12-16(18)22-27-19-3-1-2-4-20(19)29-22/h1-12H,(H,26,28). The molecule has 4 aromatic rings. The number of carbonyl (C=O) groups is 1. The monoisotopic (exact) mass is 550 g/mol. The maximum absolute atomic E-state index is 12.5. The van der Waals surface area contributed by atoms with E-state index in [9.17, 15) is 4.79 Å². The minimum atomic E-state index is -0.250. The Hall–Kier alpha value is -1.93. The summed E-state index contributed by atoms with van der Waals surface area (Å²) in [5.74, 6) is -0.250. The van der Waals surface area contributed by atoms with Crippen LogP contribution in [0.1, 0.15) is 5.56 Å². The van der Waals surface area contributed by atoms with Gasteiger partial charge in [-0.3, -0.25) is 4.79 Å². The molecule has 0 bridgehead atoms. The number of nitrogens with zero attached hydrogens (tertiary/aromatic N) is 1. The molecule has 1 amide bonds. The molecule has 29 heavy (non-hydrogen) atoms. The largest absolute Gasteiger partial charge is 0.322 e. The first-order valence-electron chi connectivity index (χ1n) is 8.59. The molecule has 144 valence electrons. The van der Waals surface area contributed by atoms with E-state index in [-0.39, 0.29) is 5.91 Å². The summed E-state index contributed by atoms with van der Waals surface area (Å²) in [6.07, 6.45) is 3.12. The number of hydrogen-bond donors (Lipinski definition) is 1. The van der Waals surface area contributed by atoms with E-state index in [2.05, 4.69) is 27.9 Å². The molecule has 4 rings (SSSR count). The first-order chi connectivity index (χ1) is 14.0. The van der Waals surface area contributed by atoms with Crippen LogP contribution in [-0.2, 0) is 4.79 Å². The van der Waals surface area contributed by atoms with Crippen molar-refractivity contribution in [2.45, 2.75) is 0 Å². The van der Waals surface area contributed by atoms with Gasteiger partial charge in [-0.25, -0.2) is 4.98 Å². The summed E-state index contributed by atoms with van der Waals surface area (Å²) in [5.41, 5.74) is 3.27. The number of thiazole rings is 1. The van der Waals surface area contributed by atoms with Crippen molar-refractivity contribution in [2.24, 2.45) is 0 Å². The summed E-state index contributed by atoms with van der Waals surface area (Å²) >= 11 is 15.9. The lowest BCUT2D eigenvalue weighted by molar-refractivity contribution is -0.111. The Labute approximate surface area is 195 Å².